The van der Waals surface area contributed by atoms with Crippen molar-refractivity contribution in [3.05, 3.63) is 5.56 Å². The molecule has 3 N–H and O–H groups in total. The third kappa shape index (κ3) is 3.85. The molecule has 1 amide bonds. The van der Waals surface area contributed by atoms with Gasteiger partial charge in [-0.15, -0.1) is 0 Å². The first-order chi connectivity index (χ1) is 9.80. The molecule has 1 aliphatic heterocycles. The molecule has 0 atom stereocenters. The monoisotopic (exact) mass is 332 g/mol. The molecule has 7 nitrogen and oxygen atoms in total. The zero-order valence-corrected chi connectivity index (χ0v) is 13.8. The Morgan fingerprint density at radius 1 is 1.38 bits per heavy atom. The van der Waals surface area contributed by atoms with E-state index in [0.29, 0.717) is 30.1 Å². The van der Waals surface area contributed by atoms with Crippen molar-refractivity contribution in [2.24, 2.45) is 0 Å². The zero-order chi connectivity index (χ0) is 15.6. The van der Waals surface area contributed by atoms with Gasteiger partial charge in [0.1, 0.15) is 10.6 Å². The quantitative estimate of drug-likeness (QED) is 0.834. The van der Waals surface area contributed by atoms with Gasteiger partial charge in [-0.05, 0) is 31.8 Å². The number of nitrogen functional groups attached to an aromatic ring is 1. The van der Waals surface area contributed by atoms with Crippen molar-refractivity contribution in [3.63, 3.8) is 0 Å². The summed E-state index contributed by atoms with van der Waals surface area (Å²) in [5.74, 6) is 0.208. The van der Waals surface area contributed by atoms with Crippen molar-refractivity contribution in [1.82, 2.24) is 9.69 Å². The predicted octanol–water partition coefficient (Wildman–Crippen LogP) is 0.488. The van der Waals surface area contributed by atoms with Crippen molar-refractivity contribution in [2.45, 2.75) is 26.3 Å². The number of rotatable bonds is 3. The van der Waals surface area contributed by atoms with E-state index in [1.807, 2.05) is 18.7 Å². The second-order valence-electron chi connectivity index (χ2n) is 5.37. The Kier molecular flexibility index (Phi) is 4.72. The molecule has 1 aromatic heterocycles. The Hall–Kier alpha value is -1.35. The van der Waals surface area contributed by atoms with Crippen molar-refractivity contribution < 1.29 is 13.2 Å². The molecule has 21 heavy (non-hydrogen) atoms. The van der Waals surface area contributed by atoms with Gasteiger partial charge < -0.3 is 16.0 Å². The van der Waals surface area contributed by atoms with Crippen LogP contribution in [0.3, 0.4) is 0 Å². The lowest BCUT2D eigenvalue weighted by atomic mass is 10.2. The third-order valence-corrected chi connectivity index (χ3v) is 5.83. The summed E-state index contributed by atoms with van der Waals surface area (Å²) >= 11 is 1.14. The fourth-order valence-corrected chi connectivity index (χ4v) is 4.33. The van der Waals surface area contributed by atoms with E-state index in [2.05, 4.69) is 9.69 Å². The summed E-state index contributed by atoms with van der Waals surface area (Å²) in [4.78, 5) is 14.1. The van der Waals surface area contributed by atoms with E-state index in [-0.39, 0.29) is 29.3 Å². The van der Waals surface area contributed by atoms with Gasteiger partial charge in [0.15, 0.2) is 15.7 Å². The first-order valence-corrected chi connectivity index (χ1v) is 9.41. The molecule has 0 radical (unpaired) electrons. The fraction of sp³-hybridized carbons (Fsp3) is 0.667. The van der Waals surface area contributed by atoms with Crippen LogP contribution in [0.2, 0.25) is 0 Å². The first-order valence-electron chi connectivity index (χ1n) is 6.81. The molecule has 2 rings (SSSR count). The molecule has 1 aliphatic rings. The number of carbonyl (C=O) groups is 1. The van der Waals surface area contributed by atoms with Crippen LogP contribution < -0.4 is 16.0 Å². The van der Waals surface area contributed by atoms with Gasteiger partial charge in [-0.3, -0.25) is 4.79 Å². The van der Waals surface area contributed by atoms with Crippen LogP contribution in [0.15, 0.2) is 0 Å². The number of sulfone groups is 1. The van der Waals surface area contributed by atoms with Gasteiger partial charge in [0.05, 0.1) is 11.5 Å². The highest BCUT2D eigenvalue weighted by atomic mass is 32.2. The maximum absolute atomic E-state index is 12.2. The van der Waals surface area contributed by atoms with Crippen LogP contribution >= 0.6 is 11.5 Å². The maximum atomic E-state index is 12.2. The molecule has 2 heterocycles. The number of aromatic nitrogens is 1. The number of anilines is 2. The molecule has 1 fully saturated rings. The third-order valence-electron chi connectivity index (χ3n) is 3.19. The SMILES string of the molecule is CC(C)NC(=O)c1c(N)nsc1N1CCCS(=O)(=O)CC1. The van der Waals surface area contributed by atoms with E-state index in [9.17, 15) is 13.2 Å². The van der Waals surface area contributed by atoms with Gasteiger partial charge >= 0.3 is 0 Å². The van der Waals surface area contributed by atoms with Crippen molar-refractivity contribution in [1.29, 1.82) is 0 Å². The second kappa shape index (κ2) is 6.18. The largest absolute Gasteiger partial charge is 0.382 e. The molecule has 0 aliphatic carbocycles. The number of hydrogen-bond donors (Lipinski definition) is 2. The molecule has 0 spiro atoms. The standard InChI is InChI=1S/C12H20N4O3S2/c1-8(2)14-11(17)9-10(13)15-20-12(9)16-4-3-6-21(18,19)7-5-16/h8H,3-7H2,1-2H3,(H2,13,15)(H,14,17). The van der Waals surface area contributed by atoms with Crippen molar-refractivity contribution >= 4 is 38.1 Å². The van der Waals surface area contributed by atoms with Gasteiger partial charge in [-0.25, -0.2) is 8.42 Å². The number of nitrogens with one attached hydrogen (secondary N) is 1. The lowest BCUT2D eigenvalue weighted by Crippen LogP contribution is -2.33. The highest BCUT2D eigenvalue weighted by Gasteiger charge is 2.27. The second-order valence-corrected chi connectivity index (χ2v) is 8.42. The number of carbonyl (C=O) groups excluding carboxylic acids is 1. The number of hydrogen-bond acceptors (Lipinski definition) is 7. The minimum Gasteiger partial charge on any atom is -0.382 e. The maximum Gasteiger partial charge on any atom is 0.258 e. The van der Waals surface area contributed by atoms with E-state index in [0.717, 1.165) is 11.5 Å². The highest BCUT2D eigenvalue weighted by Crippen LogP contribution is 2.31. The molecule has 9 heteroatoms. The summed E-state index contributed by atoms with van der Waals surface area (Å²) in [6.45, 7) is 4.69. The summed E-state index contributed by atoms with van der Waals surface area (Å²) in [6.07, 6.45) is 0.547. The Labute approximate surface area is 128 Å². The van der Waals surface area contributed by atoms with Crippen LogP contribution in [-0.2, 0) is 9.84 Å². The van der Waals surface area contributed by atoms with Crippen LogP contribution in [0.4, 0.5) is 10.8 Å². The van der Waals surface area contributed by atoms with Crippen molar-refractivity contribution in [3.8, 4) is 0 Å². The first kappa shape index (κ1) is 16.0. The predicted molar refractivity (Wildman–Crippen MR) is 84.6 cm³/mol. The Balaban J connectivity index is 2.26. The minimum absolute atomic E-state index is 0.00541. The Bertz CT molecular complexity index is 624. The molecule has 0 unspecified atom stereocenters. The van der Waals surface area contributed by atoms with E-state index in [1.165, 1.54) is 0 Å². The molecule has 1 saturated heterocycles. The smallest absolute Gasteiger partial charge is 0.258 e. The van der Waals surface area contributed by atoms with E-state index < -0.39 is 9.84 Å². The van der Waals surface area contributed by atoms with E-state index >= 15 is 0 Å². The van der Waals surface area contributed by atoms with Gasteiger partial charge in [0.2, 0.25) is 0 Å². The van der Waals surface area contributed by atoms with Gasteiger partial charge in [0, 0.05) is 19.1 Å². The average molecular weight is 332 g/mol. The molecule has 0 bridgehead atoms. The Morgan fingerprint density at radius 2 is 2.10 bits per heavy atom. The van der Waals surface area contributed by atoms with Crippen LogP contribution in [0.5, 0.6) is 0 Å². The Morgan fingerprint density at radius 3 is 2.76 bits per heavy atom. The van der Waals surface area contributed by atoms with Crippen LogP contribution in [-0.4, -0.2) is 49.3 Å². The summed E-state index contributed by atoms with van der Waals surface area (Å²) in [6, 6.07) is -0.00541. The molecule has 0 saturated carbocycles. The zero-order valence-electron chi connectivity index (χ0n) is 12.1. The van der Waals surface area contributed by atoms with Crippen LogP contribution in [0, 0.1) is 0 Å². The summed E-state index contributed by atoms with van der Waals surface area (Å²) < 4.78 is 27.4. The van der Waals surface area contributed by atoms with Gasteiger partial charge in [-0.1, -0.05) is 0 Å². The van der Waals surface area contributed by atoms with Crippen molar-refractivity contribution in [2.75, 3.05) is 35.2 Å². The average Bonchev–Trinajstić information content (AvgIpc) is 2.64. The summed E-state index contributed by atoms with van der Waals surface area (Å²) in [7, 11) is -2.99. The molecule has 118 valence electrons. The molecular weight excluding hydrogens is 312 g/mol. The normalized spacial score (nSPS) is 18.5. The molecule has 1 aromatic rings. The molecular formula is C12H20N4O3S2. The lowest BCUT2D eigenvalue weighted by Gasteiger charge is -2.21. The van der Waals surface area contributed by atoms with E-state index in [1.54, 1.807) is 0 Å². The van der Waals surface area contributed by atoms with E-state index in [4.69, 9.17) is 5.73 Å². The number of nitrogens with two attached hydrogens (primary N) is 1. The van der Waals surface area contributed by atoms with Crippen LogP contribution in [0.25, 0.3) is 0 Å². The topological polar surface area (TPSA) is 105 Å². The fourth-order valence-electron chi connectivity index (χ4n) is 2.20. The van der Waals surface area contributed by atoms with Gasteiger partial charge in [0.25, 0.3) is 5.91 Å². The summed E-state index contributed by atoms with van der Waals surface area (Å²) in [5, 5.41) is 3.46. The number of amides is 1. The molecule has 0 aromatic carbocycles. The lowest BCUT2D eigenvalue weighted by molar-refractivity contribution is 0.0944. The highest BCUT2D eigenvalue weighted by molar-refractivity contribution is 7.91. The number of nitrogens with zero attached hydrogens (tertiary/aromatic N) is 2. The van der Waals surface area contributed by atoms with Crippen LogP contribution in [0.1, 0.15) is 30.6 Å². The van der Waals surface area contributed by atoms with Gasteiger partial charge in [-0.2, -0.15) is 4.37 Å². The summed E-state index contributed by atoms with van der Waals surface area (Å²) in [5.41, 5.74) is 6.17. The minimum atomic E-state index is -2.99.